The summed E-state index contributed by atoms with van der Waals surface area (Å²) in [4.78, 5) is 29.0. The predicted octanol–water partition coefficient (Wildman–Crippen LogP) is 1.75. The largest absolute Gasteiger partial charge is 0.369 e. The van der Waals surface area contributed by atoms with Gasteiger partial charge in [-0.3, -0.25) is 14.6 Å². The van der Waals surface area contributed by atoms with Gasteiger partial charge in [-0.25, -0.2) is 0 Å². The minimum absolute atomic E-state index is 0.204. The van der Waals surface area contributed by atoms with E-state index in [0.717, 1.165) is 30.6 Å². The summed E-state index contributed by atoms with van der Waals surface area (Å²) in [5.41, 5.74) is 17.9. The third-order valence-electron chi connectivity index (χ3n) is 4.58. The highest BCUT2D eigenvalue weighted by Gasteiger charge is 2.47. The Hall–Kier alpha value is -2.12. The highest BCUT2D eigenvalue weighted by molar-refractivity contribution is 8.14. The zero-order chi connectivity index (χ0) is 19.3. The zero-order valence-electron chi connectivity index (χ0n) is 15.2. The van der Waals surface area contributed by atoms with Crippen molar-refractivity contribution in [2.24, 2.45) is 22.2 Å². The van der Waals surface area contributed by atoms with Crippen LogP contribution >= 0.6 is 11.8 Å². The molecule has 1 aliphatic heterocycles. The molecular formula is C19H26N4O2S. The molecule has 2 unspecified atom stereocenters. The lowest BCUT2D eigenvalue weighted by atomic mass is 9.73. The number of aliphatic imine (C=N–C) groups is 1. The molecule has 0 aliphatic carbocycles. The molecule has 0 radical (unpaired) electrons. The standard InChI is InChI=1S/C19H26N4O2S/c1-3-4-7-10-26-16-13(15(20)24)11-19(18(22)25,17(21)23-16)14-9-6-5-8-12(14)2/h5-6,8-9,11,17H,3-4,7,10,21H2,1-2H3,(H2,20,24)(H2,22,25). The van der Waals surface area contributed by atoms with Crippen molar-refractivity contribution in [3.63, 3.8) is 0 Å². The second-order valence-electron chi connectivity index (χ2n) is 6.41. The Labute approximate surface area is 158 Å². The van der Waals surface area contributed by atoms with Crippen molar-refractivity contribution in [3.8, 4) is 0 Å². The number of primary amides is 2. The molecule has 2 atom stereocenters. The lowest BCUT2D eigenvalue weighted by Crippen LogP contribution is -2.55. The molecule has 2 rings (SSSR count). The van der Waals surface area contributed by atoms with Gasteiger partial charge >= 0.3 is 0 Å². The lowest BCUT2D eigenvalue weighted by Gasteiger charge is -2.36. The molecule has 1 heterocycles. The Balaban J connectivity index is 2.49. The molecule has 0 saturated carbocycles. The van der Waals surface area contributed by atoms with E-state index in [1.165, 1.54) is 17.8 Å². The second kappa shape index (κ2) is 8.51. The molecule has 0 fully saturated rings. The van der Waals surface area contributed by atoms with Crippen LogP contribution in [0.4, 0.5) is 0 Å². The van der Waals surface area contributed by atoms with Crippen molar-refractivity contribution in [1.82, 2.24) is 0 Å². The van der Waals surface area contributed by atoms with E-state index in [9.17, 15) is 9.59 Å². The molecule has 6 nitrogen and oxygen atoms in total. The molecule has 2 amide bonds. The molecule has 1 aliphatic rings. The summed E-state index contributed by atoms with van der Waals surface area (Å²) in [7, 11) is 0. The molecule has 0 saturated heterocycles. The van der Waals surface area contributed by atoms with Crippen LogP contribution in [0.15, 0.2) is 40.9 Å². The van der Waals surface area contributed by atoms with Crippen LogP contribution in [0.2, 0.25) is 0 Å². The third-order valence-corrected chi connectivity index (χ3v) is 5.67. The normalized spacial score (nSPS) is 22.5. The van der Waals surface area contributed by atoms with Gasteiger partial charge in [0.15, 0.2) is 0 Å². The van der Waals surface area contributed by atoms with E-state index in [-0.39, 0.29) is 5.57 Å². The van der Waals surface area contributed by atoms with Crippen LogP contribution in [0.1, 0.15) is 37.3 Å². The lowest BCUT2D eigenvalue weighted by molar-refractivity contribution is -0.122. The van der Waals surface area contributed by atoms with Crippen LogP contribution in [0.3, 0.4) is 0 Å². The summed E-state index contributed by atoms with van der Waals surface area (Å²) in [6, 6.07) is 7.31. The van der Waals surface area contributed by atoms with E-state index in [0.29, 0.717) is 10.6 Å². The average molecular weight is 375 g/mol. The number of thioether (sulfide) groups is 1. The Morgan fingerprint density at radius 2 is 1.92 bits per heavy atom. The number of nitrogens with zero attached hydrogens (tertiary/aromatic N) is 1. The number of aryl methyl sites for hydroxylation is 1. The minimum atomic E-state index is -1.40. The van der Waals surface area contributed by atoms with Gasteiger partial charge in [-0.15, -0.1) is 11.8 Å². The van der Waals surface area contributed by atoms with Crippen LogP contribution in [-0.4, -0.2) is 28.8 Å². The van der Waals surface area contributed by atoms with E-state index >= 15 is 0 Å². The van der Waals surface area contributed by atoms with Gasteiger partial charge in [-0.05, 0) is 36.3 Å². The van der Waals surface area contributed by atoms with Gasteiger partial charge in [-0.2, -0.15) is 0 Å². The number of nitrogens with two attached hydrogens (primary N) is 3. The summed E-state index contributed by atoms with van der Waals surface area (Å²) in [6.45, 7) is 3.99. The van der Waals surface area contributed by atoms with E-state index in [4.69, 9.17) is 17.2 Å². The highest BCUT2D eigenvalue weighted by atomic mass is 32.2. The van der Waals surface area contributed by atoms with Crippen LogP contribution < -0.4 is 17.2 Å². The molecule has 0 bridgehead atoms. The first kappa shape index (κ1) is 20.2. The fraction of sp³-hybridized carbons (Fsp3) is 0.421. The molecule has 26 heavy (non-hydrogen) atoms. The maximum Gasteiger partial charge on any atom is 0.251 e. The van der Waals surface area contributed by atoms with E-state index < -0.39 is 23.4 Å². The first-order valence-electron chi connectivity index (χ1n) is 8.69. The van der Waals surface area contributed by atoms with Gasteiger partial charge in [0.1, 0.15) is 16.6 Å². The van der Waals surface area contributed by atoms with Crippen molar-refractivity contribution in [3.05, 3.63) is 47.0 Å². The van der Waals surface area contributed by atoms with Crippen molar-refractivity contribution in [2.75, 3.05) is 5.75 Å². The number of carbonyl (C=O) groups is 2. The molecule has 7 heteroatoms. The Bertz CT molecular complexity index is 760. The number of unbranched alkanes of at least 4 members (excludes halogenated alkanes) is 2. The Morgan fingerprint density at radius 3 is 2.50 bits per heavy atom. The number of rotatable bonds is 7. The maximum atomic E-state index is 12.5. The Kier molecular flexibility index (Phi) is 6.61. The number of hydrogen-bond donors (Lipinski definition) is 3. The monoisotopic (exact) mass is 374 g/mol. The van der Waals surface area contributed by atoms with E-state index in [1.54, 1.807) is 12.1 Å². The second-order valence-corrected chi connectivity index (χ2v) is 7.49. The SMILES string of the molecule is CCCCCSC1=NC(N)C(C(N)=O)(c2ccccc2C)C=C1C(N)=O. The summed E-state index contributed by atoms with van der Waals surface area (Å²) in [5, 5.41) is 0.478. The molecular weight excluding hydrogens is 348 g/mol. The summed E-state index contributed by atoms with van der Waals surface area (Å²) < 4.78 is 0. The van der Waals surface area contributed by atoms with Gasteiger partial charge in [0.05, 0.1) is 5.57 Å². The van der Waals surface area contributed by atoms with Crippen molar-refractivity contribution in [1.29, 1.82) is 0 Å². The van der Waals surface area contributed by atoms with Crippen LogP contribution in [0.25, 0.3) is 0 Å². The maximum absolute atomic E-state index is 12.5. The molecule has 6 N–H and O–H groups in total. The molecule has 140 valence electrons. The first-order valence-corrected chi connectivity index (χ1v) is 9.68. The van der Waals surface area contributed by atoms with Crippen molar-refractivity contribution in [2.45, 2.75) is 44.7 Å². The summed E-state index contributed by atoms with van der Waals surface area (Å²) >= 11 is 1.44. The molecule has 0 spiro atoms. The molecule has 1 aromatic carbocycles. The topological polar surface area (TPSA) is 125 Å². The van der Waals surface area contributed by atoms with Crippen molar-refractivity contribution >= 4 is 28.6 Å². The zero-order valence-corrected chi connectivity index (χ0v) is 16.0. The van der Waals surface area contributed by atoms with Gasteiger partial charge in [0.2, 0.25) is 5.91 Å². The smallest absolute Gasteiger partial charge is 0.251 e. The fourth-order valence-electron chi connectivity index (χ4n) is 3.11. The number of carbonyl (C=O) groups excluding carboxylic acids is 2. The van der Waals surface area contributed by atoms with E-state index in [1.807, 2.05) is 19.1 Å². The summed E-state index contributed by atoms with van der Waals surface area (Å²) in [5.74, 6) is -0.493. The molecule has 0 aromatic heterocycles. The number of hydrogen-bond acceptors (Lipinski definition) is 5. The third kappa shape index (κ3) is 3.83. The fourth-order valence-corrected chi connectivity index (χ4v) is 4.15. The highest BCUT2D eigenvalue weighted by Crippen LogP contribution is 2.37. The van der Waals surface area contributed by atoms with Gasteiger partial charge in [-0.1, -0.05) is 44.0 Å². The number of amides is 2. The summed E-state index contributed by atoms with van der Waals surface area (Å²) in [6.07, 6.45) is 3.79. The number of dihydropyridines is 1. The minimum Gasteiger partial charge on any atom is -0.369 e. The molecule has 1 aromatic rings. The van der Waals surface area contributed by atoms with E-state index in [2.05, 4.69) is 11.9 Å². The number of benzene rings is 1. The van der Waals surface area contributed by atoms with Crippen LogP contribution in [0.5, 0.6) is 0 Å². The van der Waals surface area contributed by atoms with Crippen LogP contribution in [0, 0.1) is 6.92 Å². The van der Waals surface area contributed by atoms with Crippen molar-refractivity contribution < 1.29 is 9.59 Å². The van der Waals surface area contributed by atoms with Crippen LogP contribution in [-0.2, 0) is 15.0 Å². The quantitative estimate of drug-likeness (QED) is 0.629. The van der Waals surface area contributed by atoms with Gasteiger partial charge < -0.3 is 17.2 Å². The van der Waals surface area contributed by atoms with Gasteiger partial charge in [0.25, 0.3) is 5.91 Å². The average Bonchev–Trinajstić information content (AvgIpc) is 2.59. The first-order chi connectivity index (χ1) is 12.3. The Morgan fingerprint density at radius 1 is 1.23 bits per heavy atom. The predicted molar refractivity (Wildman–Crippen MR) is 107 cm³/mol. The van der Waals surface area contributed by atoms with Gasteiger partial charge in [0, 0.05) is 0 Å².